The van der Waals surface area contributed by atoms with Gasteiger partial charge in [0, 0.05) is 18.7 Å². The van der Waals surface area contributed by atoms with Gasteiger partial charge < -0.3 is 20.5 Å². The summed E-state index contributed by atoms with van der Waals surface area (Å²) >= 11 is 0. The standard InChI is InChI=1S/C12H17FN2O2/c1-7-10(3-4-17-7)15-11-6-12(16-2)8(13)5-9(11)14/h5-7,10,15H,3-4,14H2,1-2H3. The molecule has 5 heteroatoms. The molecule has 1 aromatic carbocycles. The van der Waals surface area contributed by atoms with Crippen molar-refractivity contribution in [3.63, 3.8) is 0 Å². The molecule has 1 aliphatic rings. The molecule has 0 saturated carbocycles. The largest absolute Gasteiger partial charge is 0.494 e. The van der Waals surface area contributed by atoms with Crippen LogP contribution in [0.4, 0.5) is 15.8 Å². The summed E-state index contributed by atoms with van der Waals surface area (Å²) in [5.74, 6) is -0.264. The maximum atomic E-state index is 13.4. The lowest BCUT2D eigenvalue weighted by Gasteiger charge is -2.19. The molecule has 0 amide bonds. The normalized spacial score (nSPS) is 23.7. The van der Waals surface area contributed by atoms with Crippen molar-refractivity contribution in [2.24, 2.45) is 0 Å². The fourth-order valence-electron chi connectivity index (χ4n) is 1.97. The molecular formula is C12H17FN2O2. The van der Waals surface area contributed by atoms with Crippen LogP contribution in [0.1, 0.15) is 13.3 Å². The number of halogens is 1. The highest BCUT2D eigenvalue weighted by atomic mass is 19.1. The number of nitrogens with two attached hydrogens (primary N) is 1. The predicted octanol–water partition coefficient (Wildman–Crippen LogP) is 2.01. The number of nitrogens with one attached hydrogen (secondary N) is 1. The van der Waals surface area contributed by atoms with E-state index in [9.17, 15) is 4.39 Å². The van der Waals surface area contributed by atoms with Crippen LogP contribution in [0.2, 0.25) is 0 Å². The van der Waals surface area contributed by atoms with E-state index in [0.717, 1.165) is 13.0 Å². The topological polar surface area (TPSA) is 56.5 Å². The van der Waals surface area contributed by atoms with Crippen molar-refractivity contribution in [3.05, 3.63) is 17.9 Å². The Bertz CT molecular complexity index is 412. The third kappa shape index (κ3) is 2.44. The van der Waals surface area contributed by atoms with Gasteiger partial charge in [0.05, 0.1) is 30.6 Å². The highest BCUT2D eigenvalue weighted by molar-refractivity contribution is 5.69. The van der Waals surface area contributed by atoms with Gasteiger partial charge >= 0.3 is 0 Å². The van der Waals surface area contributed by atoms with Crippen molar-refractivity contribution < 1.29 is 13.9 Å². The first-order chi connectivity index (χ1) is 8.11. The molecule has 0 spiro atoms. The van der Waals surface area contributed by atoms with Crippen LogP contribution in [0.15, 0.2) is 12.1 Å². The molecule has 1 fully saturated rings. The molecule has 17 heavy (non-hydrogen) atoms. The first-order valence-electron chi connectivity index (χ1n) is 5.63. The Hall–Kier alpha value is -1.49. The van der Waals surface area contributed by atoms with Gasteiger partial charge in [0.25, 0.3) is 0 Å². The molecule has 4 nitrogen and oxygen atoms in total. The average Bonchev–Trinajstić information content (AvgIpc) is 2.68. The fourth-order valence-corrected chi connectivity index (χ4v) is 1.97. The Kier molecular flexibility index (Phi) is 3.38. The quantitative estimate of drug-likeness (QED) is 0.793. The van der Waals surface area contributed by atoms with Gasteiger partial charge in [-0.3, -0.25) is 0 Å². The smallest absolute Gasteiger partial charge is 0.167 e. The summed E-state index contributed by atoms with van der Waals surface area (Å²) in [5.41, 5.74) is 6.83. The van der Waals surface area contributed by atoms with Gasteiger partial charge in [0.15, 0.2) is 11.6 Å². The molecule has 3 N–H and O–H groups in total. The first-order valence-corrected chi connectivity index (χ1v) is 5.63. The first kappa shape index (κ1) is 12.0. The third-order valence-corrected chi connectivity index (χ3v) is 3.04. The van der Waals surface area contributed by atoms with Crippen molar-refractivity contribution in [2.45, 2.75) is 25.5 Å². The van der Waals surface area contributed by atoms with Gasteiger partial charge in [-0.25, -0.2) is 4.39 Å². The Morgan fingerprint density at radius 1 is 1.53 bits per heavy atom. The minimum absolute atomic E-state index is 0.130. The van der Waals surface area contributed by atoms with Crippen LogP contribution < -0.4 is 15.8 Å². The lowest BCUT2D eigenvalue weighted by Crippen LogP contribution is -2.27. The minimum Gasteiger partial charge on any atom is -0.494 e. The van der Waals surface area contributed by atoms with Crippen molar-refractivity contribution >= 4 is 11.4 Å². The van der Waals surface area contributed by atoms with E-state index < -0.39 is 5.82 Å². The van der Waals surface area contributed by atoms with E-state index in [2.05, 4.69) is 5.32 Å². The number of benzene rings is 1. The molecule has 0 bridgehead atoms. The van der Waals surface area contributed by atoms with Gasteiger partial charge in [-0.2, -0.15) is 0 Å². The van der Waals surface area contributed by atoms with Crippen LogP contribution >= 0.6 is 0 Å². The number of ether oxygens (including phenoxy) is 2. The molecule has 0 aromatic heterocycles. The maximum Gasteiger partial charge on any atom is 0.167 e. The molecule has 1 heterocycles. The fraction of sp³-hybridized carbons (Fsp3) is 0.500. The summed E-state index contributed by atoms with van der Waals surface area (Å²) in [6, 6.07) is 3.05. The van der Waals surface area contributed by atoms with Crippen LogP contribution in [-0.2, 0) is 4.74 Å². The SMILES string of the molecule is COc1cc(NC2CCOC2C)c(N)cc1F. The van der Waals surface area contributed by atoms with Crippen molar-refractivity contribution in [1.29, 1.82) is 0 Å². The maximum absolute atomic E-state index is 13.4. The van der Waals surface area contributed by atoms with E-state index >= 15 is 0 Å². The van der Waals surface area contributed by atoms with Gasteiger partial charge in [-0.1, -0.05) is 0 Å². The summed E-state index contributed by atoms with van der Waals surface area (Å²) in [4.78, 5) is 0. The highest BCUT2D eigenvalue weighted by Crippen LogP contribution is 2.30. The van der Waals surface area contributed by atoms with E-state index in [-0.39, 0.29) is 17.9 Å². The number of hydrogen-bond donors (Lipinski definition) is 2. The second-order valence-corrected chi connectivity index (χ2v) is 4.19. The Labute approximate surface area is 99.9 Å². The van der Waals surface area contributed by atoms with E-state index in [1.165, 1.54) is 13.2 Å². The molecule has 2 unspecified atom stereocenters. The monoisotopic (exact) mass is 240 g/mol. The Morgan fingerprint density at radius 3 is 2.88 bits per heavy atom. The molecule has 2 atom stereocenters. The highest BCUT2D eigenvalue weighted by Gasteiger charge is 2.24. The number of methoxy groups -OCH3 is 1. The van der Waals surface area contributed by atoms with Crippen molar-refractivity contribution in [1.82, 2.24) is 0 Å². The number of hydrogen-bond acceptors (Lipinski definition) is 4. The minimum atomic E-state index is -0.453. The molecule has 2 rings (SSSR count). The molecule has 0 aliphatic carbocycles. The second-order valence-electron chi connectivity index (χ2n) is 4.19. The second kappa shape index (κ2) is 4.79. The zero-order chi connectivity index (χ0) is 12.4. The summed E-state index contributed by atoms with van der Waals surface area (Å²) in [6.07, 6.45) is 1.05. The van der Waals surface area contributed by atoms with Crippen LogP contribution in [0.25, 0.3) is 0 Å². The Morgan fingerprint density at radius 2 is 2.29 bits per heavy atom. The van der Waals surface area contributed by atoms with E-state index in [1.807, 2.05) is 6.92 Å². The lowest BCUT2D eigenvalue weighted by molar-refractivity contribution is 0.121. The van der Waals surface area contributed by atoms with E-state index in [0.29, 0.717) is 11.4 Å². The van der Waals surface area contributed by atoms with Gasteiger partial charge in [-0.05, 0) is 13.3 Å². The van der Waals surface area contributed by atoms with Crippen LogP contribution in [0.5, 0.6) is 5.75 Å². The van der Waals surface area contributed by atoms with Crippen molar-refractivity contribution in [3.8, 4) is 5.75 Å². The molecule has 1 aromatic rings. The summed E-state index contributed by atoms with van der Waals surface area (Å²) < 4.78 is 23.7. The molecule has 0 radical (unpaired) electrons. The predicted molar refractivity (Wildman–Crippen MR) is 64.8 cm³/mol. The number of anilines is 2. The number of nitrogen functional groups attached to an aromatic ring is 1. The summed E-state index contributed by atoms with van der Waals surface area (Å²) in [7, 11) is 1.43. The Balaban J connectivity index is 2.20. The molecule has 94 valence electrons. The molecule has 1 aliphatic heterocycles. The molecule has 1 saturated heterocycles. The third-order valence-electron chi connectivity index (χ3n) is 3.04. The van der Waals surface area contributed by atoms with Crippen molar-refractivity contribution in [2.75, 3.05) is 24.8 Å². The van der Waals surface area contributed by atoms with Gasteiger partial charge in [0.2, 0.25) is 0 Å². The zero-order valence-electron chi connectivity index (χ0n) is 10.00. The average molecular weight is 240 g/mol. The summed E-state index contributed by atoms with van der Waals surface area (Å²) in [6.45, 7) is 2.73. The molecular weight excluding hydrogens is 223 g/mol. The van der Waals surface area contributed by atoms with Gasteiger partial charge in [0.1, 0.15) is 0 Å². The number of rotatable bonds is 3. The van der Waals surface area contributed by atoms with E-state index in [1.54, 1.807) is 6.07 Å². The summed E-state index contributed by atoms with van der Waals surface area (Å²) in [5, 5.41) is 3.26. The van der Waals surface area contributed by atoms with Crippen LogP contribution in [0, 0.1) is 5.82 Å². The van der Waals surface area contributed by atoms with E-state index in [4.69, 9.17) is 15.2 Å². The van der Waals surface area contributed by atoms with Crippen LogP contribution in [0.3, 0.4) is 0 Å². The van der Waals surface area contributed by atoms with Gasteiger partial charge in [-0.15, -0.1) is 0 Å². The van der Waals surface area contributed by atoms with Crippen LogP contribution in [-0.4, -0.2) is 25.9 Å². The zero-order valence-corrected chi connectivity index (χ0v) is 10.00. The lowest BCUT2D eigenvalue weighted by atomic mass is 10.1.